The number of aromatic carboxylic acids is 1. The van der Waals surface area contributed by atoms with Gasteiger partial charge >= 0.3 is 5.97 Å². The molecule has 2 aliphatic heterocycles. The van der Waals surface area contributed by atoms with Gasteiger partial charge in [-0.1, -0.05) is 24.3 Å². The minimum atomic E-state index is -1.12. The zero-order valence-corrected chi connectivity index (χ0v) is 17.8. The molecule has 0 spiro atoms. The summed E-state index contributed by atoms with van der Waals surface area (Å²) in [6.45, 7) is 0. The quantitative estimate of drug-likeness (QED) is 0.624. The van der Waals surface area contributed by atoms with Crippen molar-refractivity contribution in [3.8, 4) is 17.2 Å². The highest BCUT2D eigenvalue weighted by molar-refractivity contribution is 7.12. The number of hydrogen-bond donors (Lipinski definition) is 1. The second kappa shape index (κ2) is 7.63. The Morgan fingerprint density at radius 2 is 1.97 bits per heavy atom. The average molecular weight is 436 g/mol. The first-order valence-electron chi connectivity index (χ1n) is 9.75. The Labute approximate surface area is 183 Å². The van der Waals surface area contributed by atoms with E-state index in [1.165, 1.54) is 14.2 Å². The van der Waals surface area contributed by atoms with Crippen molar-refractivity contribution in [2.75, 3.05) is 14.2 Å². The maximum Gasteiger partial charge on any atom is 0.340 e. The molecular weight excluding hydrogens is 416 g/mol. The van der Waals surface area contributed by atoms with Crippen molar-refractivity contribution in [3.05, 3.63) is 75.5 Å². The van der Waals surface area contributed by atoms with E-state index < -0.39 is 12.2 Å². The number of rotatable bonds is 5. The molecule has 7 nitrogen and oxygen atoms in total. The summed E-state index contributed by atoms with van der Waals surface area (Å²) in [5.74, 6) is 0.114. The Hall–Kier alpha value is -3.52. The van der Waals surface area contributed by atoms with Gasteiger partial charge in [0.15, 0.2) is 11.5 Å². The summed E-state index contributed by atoms with van der Waals surface area (Å²) in [5, 5.41) is 18.8. The van der Waals surface area contributed by atoms with E-state index >= 15 is 0 Å². The minimum absolute atomic E-state index is 0.00440. The Morgan fingerprint density at radius 3 is 2.68 bits per heavy atom. The van der Waals surface area contributed by atoms with Gasteiger partial charge < -0.3 is 19.3 Å². The third-order valence-electron chi connectivity index (χ3n) is 5.56. The van der Waals surface area contributed by atoms with E-state index in [0.717, 1.165) is 21.9 Å². The molecule has 0 bridgehead atoms. The molecule has 3 heterocycles. The van der Waals surface area contributed by atoms with Crippen molar-refractivity contribution in [2.24, 2.45) is 5.10 Å². The molecule has 0 saturated heterocycles. The predicted octanol–water partition coefficient (Wildman–Crippen LogP) is 4.71. The number of hydrazone groups is 1. The van der Waals surface area contributed by atoms with Crippen molar-refractivity contribution < 1.29 is 24.1 Å². The number of thiophene rings is 1. The minimum Gasteiger partial charge on any atom is -0.493 e. The average Bonchev–Trinajstić information content (AvgIpc) is 3.47. The zero-order chi connectivity index (χ0) is 21.5. The van der Waals surface area contributed by atoms with Gasteiger partial charge in [0.1, 0.15) is 11.3 Å². The van der Waals surface area contributed by atoms with E-state index in [0.29, 0.717) is 17.7 Å². The number of carboxylic acid groups (broad SMARTS) is 1. The van der Waals surface area contributed by atoms with Crippen LogP contribution in [0.25, 0.3) is 0 Å². The fourth-order valence-corrected chi connectivity index (χ4v) is 4.92. The molecule has 8 heteroatoms. The molecule has 0 unspecified atom stereocenters. The number of hydrogen-bond acceptors (Lipinski definition) is 7. The molecule has 0 amide bonds. The summed E-state index contributed by atoms with van der Waals surface area (Å²) in [7, 11) is 2.90. The van der Waals surface area contributed by atoms with E-state index in [9.17, 15) is 9.90 Å². The molecule has 1 N–H and O–H groups in total. The summed E-state index contributed by atoms with van der Waals surface area (Å²) in [6.07, 6.45) is -0.00384. The number of fused-ring (bicyclic) bond motifs is 3. The highest BCUT2D eigenvalue weighted by Crippen LogP contribution is 2.49. The molecule has 0 saturated carbocycles. The SMILES string of the molecule is COc1ccc([C@H]2Oc3ccccc3[C@H]3CC(c4cccs4)=NN32)c(C(=O)O)c1OC. The molecule has 1 aromatic heterocycles. The molecule has 2 atom stereocenters. The second-order valence-corrected chi connectivity index (χ2v) is 8.15. The van der Waals surface area contributed by atoms with E-state index in [2.05, 4.69) is 0 Å². The van der Waals surface area contributed by atoms with E-state index in [-0.39, 0.29) is 17.4 Å². The normalized spacial score (nSPS) is 19.2. The predicted molar refractivity (Wildman–Crippen MR) is 116 cm³/mol. The molecule has 0 radical (unpaired) electrons. The van der Waals surface area contributed by atoms with Crippen LogP contribution in [0.4, 0.5) is 0 Å². The molecule has 5 rings (SSSR count). The zero-order valence-electron chi connectivity index (χ0n) is 16.9. The van der Waals surface area contributed by atoms with Gasteiger partial charge in [-0.3, -0.25) is 0 Å². The van der Waals surface area contributed by atoms with Crippen LogP contribution in [0.5, 0.6) is 17.2 Å². The molecule has 0 aliphatic carbocycles. The van der Waals surface area contributed by atoms with E-state index in [1.54, 1.807) is 23.5 Å². The van der Waals surface area contributed by atoms with Crippen LogP contribution in [-0.4, -0.2) is 36.0 Å². The number of para-hydroxylation sites is 1. The number of ether oxygens (including phenoxy) is 3. The van der Waals surface area contributed by atoms with Crippen LogP contribution in [0.1, 0.15) is 45.1 Å². The third kappa shape index (κ3) is 3.11. The molecule has 3 aromatic rings. The van der Waals surface area contributed by atoms with Gasteiger partial charge in [0.25, 0.3) is 0 Å². The van der Waals surface area contributed by atoms with Gasteiger partial charge in [-0.25, -0.2) is 9.80 Å². The topological polar surface area (TPSA) is 80.6 Å². The molecular formula is C23H20N2O5S. The Bertz CT molecular complexity index is 1170. The van der Waals surface area contributed by atoms with Crippen LogP contribution in [-0.2, 0) is 0 Å². The van der Waals surface area contributed by atoms with Crippen LogP contribution >= 0.6 is 11.3 Å². The standard InChI is InChI=1S/C23H20N2O5S/c1-28-18-10-9-14(20(23(26)27)21(18)29-2)22-25-16(13-6-3-4-7-17(13)30-22)12-15(24-25)19-8-5-11-31-19/h3-11,16,22H,12H2,1-2H3,(H,26,27)/t16-,22-/m1/s1. The Morgan fingerprint density at radius 1 is 1.13 bits per heavy atom. The summed E-state index contributed by atoms with van der Waals surface area (Å²) in [6, 6.07) is 15.2. The number of carbonyl (C=O) groups is 1. The lowest BCUT2D eigenvalue weighted by atomic mass is 9.96. The third-order valence-corrected chi connectivity index (χ3v) is 6.48. The Kier molecular flexibility index (Phi) is 4.78. The number of benzene rings is 2. The first-order valence-corrected chi connectivity index (χ1v) is 10.6. The lowest BCUT2D eigenvalue weighted by Gasteiger charge is -2.38. The van der Waals surface area contributed by atoms with Crippen molar-refractivity contribution in [3.63, 3.8) is 0 Å². The van der Waals surface area contributed by atoms with Gasteiger partial charge in [-0.05, 0) is 29.6 Å². The van der Waals surface area contributed by atoms with Gasteiger partial charge in [0, 0.05) is 17.5 Å². The number of methoxy groups -OCH3 is 2. The maximum absolute atomic E-state index is 12.3. The van der Waals surface area contributed by atoms with Gasteiger partial charge in [0.05, 0.1) is 30.9 Å². The number of carboxylic acids is 1. The van der Waals surface area contributed by atoms with Gasteiger partial charge in [0.2, 0.25) is 6.23 Å². The molecule has 2 aromatic carbocycles. The van der Waals surface area contributed by atoms with Crippen LogP contribution in [0.3, 0.4) is 0 Å². The highest BCUT2D eigenvalue weighted by atomic mass is 32.1. The van der Waals surface area contributed by atoms with Crippen LogP contribution in [0, 0.1) is 0 Å². The van der Waals surface area contributed by atoms with Crippen molar-refractivity contribution in [1.29, 1.82) is 0 Å². The van der Waals surface area contributed by atoms with Gasteiger partial charge in [-0.2, -0.15) is 5.10 Å². The van der Waals surface area contributed by atoms with E-state index in [4.69, 9.17) is 19.3 Å². The summed E-state index contributed by atoms with van der Waals surface area (Å²) in [4.78, 5) is 13.4. The van der Waals surface area contributed by atoms with Crippen molar-refractivity contribution in [2.45, 2.75) is 18.7 Å². The number of nitrogens with zero attached hydrogens (tertiary/aromatic N) is 2. The Balaban J connectivity index is 1.68. The summed E-state index contributed by atoms with van der Waals surface area (Å²) in [5.41, 5.74) is 2.46. The maximum atomic E-state index is 12.3. The highest BCUT2D eigenvalue weighted by Gasteiger charge is 2.43. The molecule has 31 heavy (non-hydrogen) atoms. The van der Waals surface area contributed by atoms with Gasteiger partial charge in [-0.15, -0.1) is 11.3 Å². The van der Waals surface area contributed by atoms with E-state index in [1.807, 2.05) is 46.8 Å². The largest absolute Gasteiger partial charge is 0.493 e. The molecule has 158 valence electrons. The van der Waals surface area contributed by atoms with Crippen molar-refractivity contribution in [1.82, 2.24) is 5.01 Å². The first kappa shape index (κ1) is 19.4. The smallest absolute Gasteiger partial charge is 0.340 e. The summed E-state index contributed by atoms with van der Waals surface area (Å²) >= 11 is 1.63. The lowest BCUT2D eigenvalue weighted by Crippen LogP contribution is -2.34. The molecule has 2 aliphatic rings. The lowest BCUT2D eigenvalue weighted by molar-refractivity contribution is -0.0199. The molecule has 0 fully saturated rings. The van der Waals surface area contributed by atoms with Crippen LogP contribution in [0.2, 0.25) is 0 Å². The summed E-state index contributed by atoms with van der Waals surface area (Å²) < 4.78 is 17.0. The fraction of sp³-hybridized carbons (Fsp3) is 0.217. The van der Waals surface area contributed by atoms with Crippen LogP contribution < -0.4 is 14.2 Å². The monoisotopic (exact) mass is 436 g/mol. The van der Waals surface area contributed by atoms with Crippen LogP contribution in [0.15, 0.2) is 59.0 Å². The first-order chi connectivity index (χ1) is 15.1. The fourth-order valence-electron chi connectivity index (χ4n) is 4.20. The van der Waals surface area contributed by atoms with Crippen molar-refractivity contribution >= 4 is 23.0 Å². The second-order valence-electron chi connectivity index (χ2n) is 7.20.